The number of benzene rings is 2. The van der Waals surface area contributed by atoms with Gasteiger partial charge in [0.1, 0.15) is 18.0 Å². The van der Waals surface area contributed by atoms with Crippen LogP contribution in [0, 0.1) is 11.3 Å². The second-order valence-corrected chi connectivity index (χ2v) is 9.11. The van der Waals surface area contributed by atoms with Crippen LogP contribution in [0.15, 0.2) is 42.7 Å². The van der Waals surface area contributed by atoms with Gasteiger partial charge in [0.25, 0.3) is 0 Å². The molecule has 2 aliphatic rings. The minimum Gasteiger partial charge on any atom is -0.494 e. The highest BCUT2D eigenvalue weighted by Crippen LogP contribution is 2.39. The van der Waals surface area contributed by atoms with Crippen LogP contribution >= 0.6 is 12.4 Å². The van der Waals surface area contributed by atoms with Crippen molar-refractivity contribution in [3.05, 3.63) is 59.5 Å². The van der Waals surface area contributed by atoms with Crippen molar-refractivity contribution < 1.29 is 19.1 Å². The minimum absolute atomic E-state index is 0. The molecule has 0 radical (unpaired) electrons. The lowest BCUT2D eigenvalue weighted by Gasteiger charge is -2.34. The molecule has 2 aliphatic heterocycles. The first-order chi connectivity index (χ1) is 17.9. The summed E-state index contributed by atoms with van der Waals surface area (Å²) in [4.78, 5) is 49.1. The zero-order chi connectivity index (χ0) is 25.9. The molecule has 0 saturated carbocycles. The Morgan fingerprint density at radius 1 is 1.11 bits per heavy atom. The summed E-state index contributed by atoms with van der Waals surface area (Å²) in [7, 11) is 0. The summed E-state index contributed by atoms with van der Waals surface area (Å²) in [5.41, 5.74) is 3.08. The minimum atomic E-state index is -0.635. The number of carbonyl (C=O) groups is 3. The van der Waals surface area contributed by atoms with Gasteiger partial charge in [-0.05, 0) is 42.3 Å². The van der Waals surface area contributed by atoms with Gasteiger partial charge < -0.3 is 19.9 Å². The molecule has 0 aliphatic carbocycles. The van der Waals surface area contributed by atoms with Crippen LogP contribution in [-0.2, 0) is 14.4 Å². The van der Waals surface area contributed by atoms with E-state index in [2.05, 4.69) is 21.4 Å². The number of anilines is 1. The van der Waals surface area contributed by atoms with Gasteiger partial charge in [-0.1, -0.05) is 0 Å². The molecule has 1 atom stereocenters. The second kappa shape index (κ2) is 11.4. The number of amides is 3. The van der Waals surface area contributed by atoms with Crippen molar-refractivity contribution in [3.8, 4) is 11.8 Å². The van der Waals surface area contributed by atoms with Gasteiger partial charge in [0, 0.05) is 56.7 Å². The zero-order valence-electron chi connectivity index (χ0n) is 20.8. The van der Waals surface area contributed by atoms with Gasteiger partial charge in [-0.2, -0.15) is 5.26 Å². The second-order valence-electron chi connectivity index (χ2n) is 9.11. The quantitative estimate of drug-likeness (QED) is 0.481. The number of hydrogen-bond donors (Lipinski definition) is 1. The summed E-state index contributed by atoms with van der Waals surface area (Å²) in [6.07, 6.45) is 2.37. The Bertz CT molecular complexity index is 1430. The van der Waals surface area contributed by atoms with E-state index in [-0.39, 0.29) is 30.1 Å². The molecule has 38 heavy (non-hydrogen) atoms. The fraction of sp³-hybridized carbons (Fsp3) is 0.333. The molecule has 5 rings (SSSR count). The van der Waals surface area contributed by atoms with Crippen LogP contribution in [0.25, 0.3) is 10.9 Å². The summed E-state index contributed by atoms with van der Waals surface area (Å²) in [5, 5.41) is 12.9. The number of rotatable bonds is 6. The van der Waals surface area contributed by atoms with E-state index in [4.69, 9.17) is 4.74 Å². The fourth-order valence-corrected chi connectivity index (χ4v) is 4.82. The first-order valence-electron chi connectivity index (χ1n) is 12.2. The van der Waals surface area contributed by atoms with Crippen molar-refractivity contribution in [1.82, 2.24) is 19.8 Å². The molecule has 0 spiro atoms. The molecule has 1 N–H and O–H groups in total. The molecule has 0 bridgehead atoms. The Hall–Kier alpha value is -4.23. The standard InChI is InChI=1S/C27H26N6O4.ClH/c1-17(34)32-8-10-33(11-9-32)24(35)3-2-12-37-19-5-6-20-23(14-19)29-16-30-26(20)25-21-13-18(15-28)4-7-22(21)31-27(25)36;/h4-7,13-14,16,25H,2-3,8-12H2,1H3,(H,31,36);1H. The van der Waals surface area contributed by atoms with Crippen LogP contribution in [0.1, 0.15) is 42.5 Å². The summed E-state index contributed by atoms with van der Waals surface area (Å²) < 4.78 is 5.87. The van der Waals surface area contributed by atoms with Gasteiger partial charge in [-0.25, -0.2) is 9.97 Å². The highest BCUT2D eigenvalue weighted by Gasteiger charge is 2.34. The molecule has 1 fully saturated rings. The van der Waals surface area contributed by atoms with E-state index in [1.54, 1.807) is 47.1 Å². The predicted molar refractivity (Wildman–Crippen MR) is 142 cm³/mol. The van der Waals surface area contributed by atoms with Crippen molar-refractivity contribution >= 4 is 46.7 Å². The van der Waals surface area contributed by atoms with E-state index in [1.165, 1.54) is 6.33 Å². The van der Waals surface area contributed by atoms with Gasteiger partial charge in [-0.3, -0.25) is 14.4 Å². The molecule has 1 aromatic heterocycles. The van der Waals surface area contributed by atoms with E-state index in [0.717, 1.165) is 10.9 Å². The zero-order valence-corrected chi connectivity index (χ0v) is 21.7. The summed E-state index contributed by atoms with van der Waals surface area (Å²) in [6, 6.07) is 12.7. The molecule has 3 heterocycles. The molecule has 1 unspecified atom stereocenters. The molecule has 11 heteroatoms. The molecular weight excluding hydrogens is 508 g/mol. The summed E-state index contributed by atoms with van der Waals surface area (Å²) in [6.45, 7) is 4.20. The van der Waals surface area contributed by atoms with Gasteiger partial charge in [0.05, 0.1) is 29.5 Å². The largest absolute Gasteiger partial charge is 0.494 e. The first-order valence-corrected chi connectivity index (χ1v) is 12.2. The third-order valence-corrected chi connectivity index (χ3v) is 6.81. The lowest BCUT2D eigenvalue weighted by molar-refractivity contribution is -0.138. The Kier molecular flexibility index (Phi) is 8.08. The molecule has 1 saturated heterocycles. The average Bonchev–Trinajstić information content (AvgIpc) is 3.25. The van der Waals surface area contributed by atoms with Crippen molar-refractivity contribution in [1.29, 1.82) is 5.26 Å². The molecular formula is C27H27ClN6O4. The van der Waals surface area contributed by atoms with Crippen LogP contribution in [0.2, 0.25) is 0 Å². The van der Waals surface area contributed by atoms with Crippen LogP contribution in [0.4, 0.5) is 5.69 Å². The number of nitrogens with one attached hydrogen (secondary N) is 1. The van der Waals surface area contributed by atoms with E-state index in [9.17, 15) is 19.6 Å². The number of aromatic nitrogens is 2. The number of carbonyl (C=O) groups excluding carboxylic acids is 3. The van der Waals surface area contributed by atoms with Gasteiger partial charge in [-0.15, -0.1) is 12.4 Å². The van der Waals surface area contributed by atoms with Gasteiger partial charge in [0.15, 0.2) is 0 Å². The monoisotopic (exact) mass is 534 g/mol. The predicted octanol–water partition coefficient (Wildman–Crippen LogP) is 2.86. The maximum atomic E-state index is 12.8. The molecule has 10 nitrogen and oxygen atoms in total. The lowest BCUT2D eigenvalue weighted by atomic mass is 9.93. The molecule has 3 amide bonds. The first kappa shape index (κ1) is 26.8. The number of nitriles is 1. The van der Waals surface area contributed by atoms with E-state index in [1.807, 2.05) is 6.07 Å². The maximum absolute atomic E-state index is 12.8. The van der Waals surface area contributed by atoms with Crippen molar-refractivity contribution in [2.75, 3.05) is 38.1 Å². The molecule has 196 valence electrons. The SMILES string of the molecule is CC(=O)N1CCN(C(=O)CCCOc2ccc3c(C4C(=O)Nc5ccc(C#N)cc54)ncnc3c2)CC1.Cl. The Morgan fingerprint density at radius 2 is 1.87 bits per heavy atom. The topological polar surface area (TPSA) is 129 Å². The van der Waals surface area contributed by atoms with Crippen LogP contribution in [-0.4, -0.2) is 70.3 Å². The smallest absolute Gasteiger partial charge is 0.238 e. The lowest BCUT2D eigenvalue weighted by Crippen LogP contribution is -2.50. The number of hydrogen-bond acceptors (Lipinski definition) is 7. The van der Waals surface area contributed by atoms with Crippen LogP contribution in [0.3, 0.4) is 0 Å². The summed E-state index contributed by atoms with van der Waals surface area (Å²) in [5.74, 6) is -0.112. The number of nitrogens with zero attached hydrogens (tertiary/aromatic N) is 5. The number of halogens is 1. The fourth-order valence-electron chi connectivity index (χ4n) is 4.82. The number of ether oxygens (including phenoxy) is 1. The molecule has 3 aromatic rings. The van der Waals surface area contributed by atoms with E-state index >= 15 is 0 Å². The van der Waals surface area contributed by atoms with Crippen LogP contribution in [0.5, 0.6) is 5.75 Å². The summed E-state index contributed by atoms with van der Waals surface area (Å²) >= 11 is 0. The van der Waals surface area contributed by atoms with Crippen molar-refractivity contribution in [2.45, 2.75) is 25.7 Å². The highest BCUT2D eigenvalue weighted by molar-refractivity contribution is 6.06. The van der Waals surface area contributed by atoms with Crippen molar-refractivity contribution in [2.24, 2.45) is 0 Å². The third-order valence-electron chi connectivity index (χ3n) is 6.81. The van der Waals surface area contributed by atoms with Gasteiger partial charge >= 0.3 is 0 Å². The van der Waals surface area contributed by atoms with Gasteiger partial charge in [0.2, 0.25) is 17.7 Å². The number of fused-ring (bicyclic) bond motifs is 2. The van der Waals surface area contributed by atoms with E-state index < -0.39 is 5.92 Å². The Balaban J connectivity index is 0.00000336. The Morgan fingerprint density at radius 3 is 2.61 bits per heavy atom. The third kappa shape index (κ3) is 5.38. The van der Waals surface area contributed by atoms with E-state index in [0.29, 0.717) is 73.8 Å². The number of piperazine rings is 1. The van der Waals surface area contributed by atoms with Crippen molar-refractivity contribution in [3.63, 3.8) is 0 Å². The Labute approximate surface area is 226 Å². The molecule has 2 aromatic carbocycles. The normalized spacial score (nSPS) is 16.3. The highest BCUT2D eigenvalue weighted by atomic mass is 35.5. The van der Waals surface area contributed by atoms with Crippen LogP contribution < -0.4 is 10.1 Å². The maximum Gasteiger partial charge on any atom is 0.238 e. The average molecular weight is 535 g/mol.